The number of carbonyl (C=O) groups is 1. The van der Waals surface area contributed by atoms with Gasteiger partial charge >= 0.3 is 5.97 Å². The summed E-state index contributed by atoms with van der Waals surface area (Å²) >= 11 is 0. The Labute approximate surface area is 86.5 Å². The monoisotopic (exact) mass is 212 g/mol. The first-order valence-corrected chi connectivity index (χ1v) is 4.50. The van der Waals surface area contributed by atoms with E-state index in [1.807, 2.05) is 6.92 Å². The standard InChI is InChI=1S/C10H12O5/c1-2-3-7-8(10(13)15-14)4-6(11)5-9(7)12/h4-5,11-12,14H,2-3H2,1H3. The Morgan fingerprint density at radius 3 is 2.60 bits per heavy atom. The van der Waals surface area contributed by atoms with Gasteiger partial charge in [-0.25, -0.2) is 4.79 Å². The molecule has 0 saturated carbocycles. The summed E-state index contributed by atoms with van der Waals surface area (Å²) < 4.78 is 0. The minimum Gasteiger partial charge on any atom is -0.508 e. The van der Waals surface area contributed by atoms with Crippen LogP contribution in [0, 0.1) is 0 Å². The number of aromatic hydroxyl groups is 2. The third kappa shape index (κ3) is 2.38. The van der Waals surface area contributed by atoms with Gasteiger partial charge in [0.1, 0.15) is 11.5 Å². The topological polar surface area (TPSA) is 87.0 Å². The van der Waals surface area contributed by atoms with E-state index < -0.39 is 5.97 Å². The van der Waals surface area contributed by atoms with E-state index in [9.17, 15) is 15.0 Å². The highest BCUT2D eigenvalue weighted by molar-refractivity contribution is 5.92. The molecule has 0 aliphatic heterocycles. The molecule has 15 heavy (non-hydrogen) atoms. The van der Waals surface area contributed by atoms with Crippen LogP contribution in [-0.2, 0) is 11.3 Å². The molecule has 5 heteroatoms. The van der Waals surface area contributed by atoms with Crippen molar-refractivity contribution in [3.05, 3.63) is 23.3 Å². The Morgan fingerprint density at radius 2 is 2.07 bits per heavy atom. The number of hydrogen-bond acceptors (Lipinski definition) is 5. The lowest BCUT2D eigenvalue weighted by atomic mass is 10.0. The van der Waals surface area contributed by atoms with Crippen LogP contribution in [0.5, 0.6) is 11.5 Å². The van der Waals surface area contributed by atoms with Gasteiger partial charge < -0.3 is 10.2 Å². The van der Waals surface area contributed by atoms with Crippen molar-refractivity contribution >= 4 is 5.97 Å². The molecular weight excluding hydrogens is 200 g/mol. The highest BCUT2D eigenvalue weighted by atomic mass is 17.1. The molecule has 5 nitrogen and oxygen atoms in total. The van der Waals surface area contributed by atoms with Gasteiger partial charge in [0.2, 0.25) is 0 Å². The number of phenolic OH excluding ortho intramolecular Hbond substituents is 2. The minimum absolute atomic E-state index is 0.0307. The molecule has 0 unspecified atom stereocenters. The third-order valence-electron chi connectivity index (χ3n) is 2.01. The average molecular weight is 212 g/mol. The van der Waals surface area contributed by atoms with Gasteiger partial charge in [-0.05, 0) is 12.5 Å². The zero-order valence-electron chi connectivity index (χ0n) is 8.23. The molecule has 0 atom stereocenters. The van der Waals surface area contributed by atoms with Crippen LogP contribution < -0.4 is 0 Å². The second-order valence-corrected chi connectivity index (χ2v) is 3.12. The first-order valence-electron chi connectivity index (χ1n) is 4.50. The Balaban J connectivity index is 3.26. The summed E-state index contributed by atoms with van der Waals surface area (Å²) in [6.45, 7) is 1.88. The van der Waals surface area contributed by atoms with E-state index in [-0.39, 0.29) is 17.1 Å². The van der Waals surface area contributed by atoms with Crippen molar-refractivity contribution in [2.75, 3.05) is 0 Å². The minimum atomic E-state index is -0.996. The number of hydrogen-bond donors (Lipinski definition) is 3. The van der Waals surface area contributed by atoms with Gasteiger partial charge in [0.15, 0.2) is 0 Å². The van der Waals surface area contributed by atoms with Crippen LogP contribution in [0.2, 0.25) is 0 Å². The van der Waals surface area contributed by atoms with Gasteiger partial charge in [0.25, 0.3) is 0 Å². The van der Waals surface area contributed by atoms with Gasteiger partial charge in [-0.15, -0.1) is 0 Å². The Kier molecular flexibility index (Phi) is 3.51. The molecule has 1 aromatic rings. The van der Waals surface area contributed by atoms with Crippen LogP contribution in [0.3, 0.4) is 0 Å². The Hall–Kier alpha value is -1.75. The van der Waals surface area contributed by atoms with Crippen LogP contribution >= 0.6 is 0 Å². The van der Waals surface area contributed by atoms with Crippen LogP contribution in [0.1, 0.15) is 29.3 Å². The lowest BCUT2D eigenvalue weighted by molar-refractivity contribution is -0.182. The van der Waals surface area contributed by atoms with Crippen LogP contribution in [0.4, 0.5) is 0 Å². The second-order valence-electron chi connectivity index (χ2n) is 3.12. The highest BCUT2D eigenvalue weighted by Gasteiger charge is 2.17. The van der Waals surface area contributed by atoms with E-state index in [4.69, 9.17) is 5.26 Å². The lowest BCUT2D eigenvalue weighted by Crippen LogP contribution is -2.06. The first kappa shape index (κ1) is 11.3. The van der Waals surface area contributed by atoms with Gasteiger partial charge in [-0.1, -0.05) is 13.3 Å². The van der Waals surface area contributed by atoms with Crippen LogP contribution in [-0.4, -0.2) is 21.4 Å². The molecule has 0 radical (unpaired) electrons. The quantitative estimate of drug-likeness (QED) is 0.524. The molecule has 0 aromatic heterocycles. The molecule has 0 aliphatic rings. The fourth-order valence-electron chi connectivity index (χ4n) is 1.39. The van der Waals surface area contributed by atoms with E-state index >= 15 is 0 Å². The number of rotatable bonds is 3. The van der Waals surface area contributed by atoms with Crippen molar-refractivity contribution in [3.8, 4) is 11.5 Å². The molecule has 0 fully saturated rings. The maximum atomic E-state index is 11.1. The fourth-order valence-corrected chi connectivity index (χ4v) is 1.39. The van der Waals surface area contributed by atoms with Crippen molar-refractivity contribution in [1.29, 1.82) is 0 Å². The SMILES string of the molecule is CCCc1c(O)cc(O)cc1C(=O)OO. The first-order chi connectivity index (χ1) is 7.10. The molecule has 0 saturated heterocycles. The maximum absolute atomic E-state index is 11.1. The maximum Gasteiger partial charge on any atom is 0.373 e. The molecule has 0 amide bonds. The number of carbonyl (C=O) groups excluding carboxylic acids is 1. The van der Waals surface area contributed by atoms with Crippen molar-refractivity contribution in [1.82, 2.24) is 0 Å². The van der Waals surface area contributed by atoms with E-state index in [0.29, 0.717) is 18.4 Å². The molecule has 3 N–H and O–H groups in total. The van der Waals surface area contributed by atoms with Crippen molar-refractivity contribution < 1.29 is 25.2 Å². The summed E-state index contributed by atoms with van der Waals surface area (Å²) in [4.78, 5) is 14.7. The largest absolute Gasteiger partial charge is 0.508 e. The van der Waals surface area contributed by atoms with Crippen molar-refractivity contribution in [2.24, 2.45) is 0 Å². The van der Waals surface area contributed by atoms with E-state index in [0.717, 1.165) is 12.1 Å². The smallest absolute Gasteiger partial charge is 0.373 e. The molecule has 0 aliphatic carbocycles. The average Bonchev–Trinajstić information content (AvgIpc) is 2.20. The Morgan fingerprint density at radius 1 is 1.40 bits per heavy atom. The Bertz CT molecular complexity index is 372. The summed E-state index contributed by atoms with van der Waals surface area (Å²) in [7, 11) is 0. The molecule has 82 valence electrons. The molecular formula is C10H12O5. The van der Waals surface area contributed by atoms with E-state index in [1.165, 1.54) is 0 Å². The van der Waals surface area contributed by atoms with Gasteiger partial charge in [0, 0.05) is 11.6 Å². The molecule has 0 bridgehead atoms. The van der Waals surface area contributed by atoms with E-state index in [1.54, 1.807) is 0 Å². The summed E-state index contributed by atoms with van der Waals surface area (Å²) in [5.74, 6) is -1.44. The summed E-state index contributed by atoms with van der Waals surface area (Å²) in [5, 5.41) is 26.9. The van der Waals surface area contributed by atoms with Gasteiger partial charge in [-0.3, -0.25) is 4.89 Å². The van der Waals surface area contributed by atoms with Gasteiger partial charge in [-0.2, -0.15) is 5.26 Å². The molecule has 0 spiro atoms. The second kappa shape index (κ2) is 4.65. The molecule has 1 rings (SSSR count). The molecule has 1 aromatic carbocycles. The molecule has 0 heterocycles. The highest BCUT2D eigenvalue weighted by Crippen LogP contribution is 2.28. The van der Waals surface area contributed by atoms with Crippen molar-refractivity contribution in [3.63, 3.8) is 0 Å². The van der Waals surface area contributed by atoms with Crippen molar-refractivity contribution in [2.45, 2.75) is 19.8 Å². The van der Waals surface area contributed by atoms with E-state index in [2.05, 4.69) is 4.89 Å². The van der Waals surface area contributed by atoms with Crippen LogP contribution in [0.25, 0.3) is 0 Å². The third-order valence-corrected chi connectivity index (χ3v) is 2.01. The predicted octanol–water partition coefficient (Wildman–Crippen LogP) is 1.68. The number of phenols is 2. The zero-order valence-corrected chi connectivity index (χ0v) is 8.23. The van der Waals surface area contributed by atoms with Gasteiger partial charge in [0.05, 0.1) is 5.56 Å². The summed E-state index contributed by atoms with van der Waals surface area (Å²) in [6, 6.07) is 2.28. The fraction of sp³-hybridized carbons (Fsp3) is 0.300. The summed E-state index contributed by atoms with van der Waals surface area (Å²) in [6.07, 6.45) is 1.17. The lowest BCUT2D eigenvalue weighted by Gasteiger charge is -2.08. The normalized spacial score (nSPS) is 10.0. The van der Waals surface area contributed by atoms with Crippen LogP contribution in [0.15, 0.2) is 12.1 Å². The predicted molar refractivity (Wildman–Crippen MR) is 51.8 cm³/mol. The summed E-state index contributed by atoms with van der Waals surface area (Å²) in [5.41, 5.74) is 0.325. The number of benzene rings is 1. The zero-order chi connectivity index (χ0) is 11.4.